The van der Waals surface area contributed by atoms with E-state index in [9.17, 15) is 4.39 Å². The monoisotopic (exact) mass is 265 g/mol. The largest absolute Gasteiger partial charge is 0.456 e. The number of nitrogens with one attached hydrogen (secondary N) is 1. The molecule has 4 heteroatoms. The Hall–Kier alpha value is -1.39. The summed E-state index contributed by atoms with van der Waals surface area (Å²) in [6.45, 7) is 3.61. The molecule has 1 unspecified atom stereocenters. The van der Waals surface area contributed by atoms with Crippen molar-refractivity contribution >= 4 is 11.0 Å². The van der Waals surface area contributed by atoms with Gasteiger partial charge in [-0.25, -0.2) is 4.39 Å². The molecule has 0 aliphatic carbocycles. The Morgan fingerprint density at radius 1 is 1.42 bits per heavy atom. The summed E-state index contributed by atoms with van der Waals surface area (Å²) in [5.41, 5.74) is 0.340. The Morgan fingerprint density at radius 3 is 2.95 bits per heavy atom. The van der Waals surface area contributed by atoms with Gasteiger partial charge < -0.3 is 14.5 Å². The number of benzene rings is 1. The van der Waals surface area contributed by atoms with Crippen molar-refractivity contribution in [2.45, 2.75) is 25.8 Å². The quantitative estimate of drug-likeness (QED) is 0.776. The zero-order valence-corrected chi connectivity index (χ0v) is 11.4. The molecule has 0 spiro atoms. The van der Waals surface area contributed by atoms with E-state index in [-0.39, 0.29) is 11.9 Å². The minimum Gasteiger partial charge on any atom is -0.456 e. The Balaban J connectivity index is 2.20. The maximum atomic E-state index is 13.6. The normalized spacial score (nSPS) is 13.0. The molecule has 2 rings (SSSR count). The lowest BCUT2D eigenvalue weighted by Crippen LogP contribution is -2.20. The smallest absolute Gasteiger partial charge is 0.169 e. The number of ether oxygens (including phenoxy) is 1. The van der Waals surface area contributed by atoms with Gasteiger partial charge in [0.25, 0.3) is 0 Å². The third-order valence-electron chi connectivity index (χ3n) is 3.15. The highest BCUT2D eigenvalue weighted by Crippen LogP contribution is 2.28. The summed E-state index contributed by atoms with van der Waals surface area (Å²) in [4.78, 5) is 0. The van der Waals surface area contributed by atoms with E-state index in [1.807, 2.05) is 19.1 Å². The van der Waals surface area contributed by atoms with E-state index >= 15 is 0 Å². The molecule has 0 aliphatic heterocycles. The summed E-state index contributed by atoms with van der Waals surface area (Å²) in [6, 6.07) is 7.00. The molecular formula is C15H20FNO2. The molecule has 3 nitrogen and oxygen atoms in total. The molecular weight excluding hydrogens is 245 g/mol. The molecule has 2 aromatic rings. The lowest BCUT2D eigenvalue weighted by Gasteiger charge is -2.14. The molecule has 1 atom stereocenters. The standard InChI is InChI=1S/C15H20FNO2/c1-3-17-13(8-5-9-18-2)14-10-11-6-4-7-12(16)15(11)19-14/h4,6-7,10,13,17H,3,5,8-9H2,1-2H3. The van der Waals surface area contributed by atoms with Gasteiger partial charge in [0.2, 0.25) is 0 Å². The van der Waals surface area contributed by atoms with Gasteiger partial charge in [0, 0.05) is 19.1 Å². The number of hydrogen-bond donors (Lipinski definition) is 1. The van der Waals surface area contributed by atoms with Crippen molar-refractivity contribution < 1.29 is 13.5 Å². The number of halogens is 1. The summed E-state index contributed by atoms with van der Waals surface area (Å²) in [5, 5.41) is 4.18. The molecule has 1 aromatic carbocycles. The fourth-order valence-electron chi connectivity index (χ4n) is 2.24. The molecule has 1 aromatic heterocycles. The van der Waals surface area contributed by atoms with Crippen LogP contribution in [-0.2, 0) is 4.74 Å². The van der Waals surface area contributed by atoms with Gasteiger partial charge >= 0.3 is 0 Å². The number of rotatable bonds is 7. The molecule has 1 heterocycles. The van der Waals surface area contributed by atoms with Crippen LogP contribution in [0, 0.1) is 5.82 Å². The van der Waals surface area contributed by atoms with Crippen molar-refractivity contribution in [3.05, 3.63) is 35.8 Å². The minimum absolute atomic E-state index is 0.104. The first kappa shape index (κ1) is 14.0. The number of furan rings is 1. The summed E-state index contributed by atoms with van der Waals surface area (Å²) >= 11 is 0. The Labute approximate surface area is 112 Å². The van der Waals surface area contributed by atoms with Crippen LogP contribution in [0.1, 0.15) is 31.6 Å². The lowest BCUT2D eigenvalue weighted by molar-refractivity contribution is 0.187. The van der Waals surface area contributed by atoms with Crippen LogP contribution in [0.3, 0.4) is 0 Å². The van der Waals surface area contributed by atoms with E-state index in [1.54, 1.807) is 13.2 Å². The fraction of sp³-hybridized carbons (Fsp3) is 0.467. The predicted molar refractivity (Wildman–Crippen MR) is 73.7 cm³/mol. The maximum absolute atomic E-state index is 13.6. The maximum Gasteiger partial charge on any atom is 0.169 e. The zero-order valence-electron chi connectivity index (χ0n) is 11.4. The first-order valence-corrected chi connectivity index (χ1v) is 6.66. The average Bonchev–Trinajstić information content (AvgIpc) is 2.83. The van der Waals surface area contributed by atoms with Gasteiger partial charge in [-0.15, -0.1) is 0 Å². The molecule has 0 saturated heterocycles. The predicted octanol–water partition coefficient (Wildman–Crippen LogP) is 3.65. The molecule has 0 saturated carbocycles. The highest BCUT2D eigenvalue weighted by molar-refractivity contribution is 5.78. The van der Waals surface area contributed by atoms with Crippen molar-refractivity contribution in [1.82, 2.24) is 5.32 Å². The second-order valence-electron chi connectivity index (χ2n) is 4.55. The van der Waals surface area contributed by atoms with Crippen molar-refractivity contribution in [1.29, 1.82) is 0 Å². The van der Waals surface area contributed by atoms with Crippen LogP contribution in [0.4, 0.5) is 4.39 Å². The van der Waals surface area contributed by atoms with Crippen molar-refractivity contribution in [2.75, 3.05) is 20.3 Å². The number of fused-ring (bicyclic) bond motifs is 1. The van der Waals surface area contributed by atoms with Gasteiger partial charge in [-0.05, 0) is 31.5 Å². The van der Waals surface area contributed by atoms with Crippen LogP contribution in [0.15, 0.2) is 28.7 Å². The highest BCUT2D eigenvalue weighted by atomic mass is 19.1. The van der Waals surface area contributed by atoms with Crippen LogP contribution < -0.4 is 5.32 Å². The third kappa shape index (κ3) is 3.33. The van der Waals surface area contributed by atoms with Crippen LogP contribution in [0.5, 0.6) is 0 Å². The van der Waals surface area contributed by atoms with E-state index < -0.39 is 0 Å². The molecule has 1 N–H and O–H groups in total. The van der Waals surface area contributed by atoms with Crippen LogP contribution in [0.25, 0.3) is 11.0 Å². The van der Waals surface area contributed by atoms with E-state index in [2.05, 4.69) is 5.32 Å². The lowest BCUT2D eigenvalue weighted by atomic mass is 10.1. The molecule has 0 aliphatic rings. The van der Waals surface area contributed by atoms with Crippen molar-refractivity contribution in [3.63, 3.8) is 0 Å². The van der Waals surface area contributed by atoms with Gasteiger partial charge in [0.1, 0.15) is 5.76 Å². The van der Waals surface area contributed by atoms with Crippen molar-refractivity contribution in [2.24, 2.45) is 0 Å². The minimum atomic E-state index is -0.309. The van der Waals surface area contributed by atoms with Crippen LogP contribution >= 0.6 is 0 Å². The molecule has 0 amide bonds. The molecule has 0 fully saturated rings. The van der Waals surface area contributed by atoms with Crippen LogP contribution in [-0.4, -0.2) is 20.3 Å². The van der Waals surface area contributed by atoms with E-state index in [4.69, 9.17) is 9.15 Å². The molecule has 104 valence electrons. The molecule has 0 radical (unpaired) electrons. The summed E-state index contributed by atoms with van der Waals surface area (Å²) < 4.78 is 24.4. The topological polar surface area (TPSA) is 34.4 Å². The number of methoxy groups -OCH3 is 1. The second-order valence-corrected chi connectivity index (χ2v) is 4.55. The average molecular weight is 265 g/mol. The summed E-state index contributed by atoms with van der Waals surface area (Å²) in [7, 11) is 1.69. The van der Waals surface area contributed by atoms with Gasteiger partial charge in [-0.2, -0.15) is 0 Å². The first-order valence-electron chi connectivity index (χ1n) is 6.66. The van der Waals surface area contributed by atoms with Crippen molar-refractivity contribution in [3.8, 4) is 0 Å². The fourth-order valence-corrected chi connectivity index (χ4v) is 2.24. The third-order valence-corrected chi connectivity index (χ3v) is 3.15. The van der Waals surface area contributed by atoms with Gasteiger partial charge in [-0.3, -0.25) is 0 Å². The summed E-state index contributed by atoms with van der Waals surface area (Å²) in [5.74, 6) is 0.481. The van der Waals surface area contributed by atoms with Gasteiger partial charge in [-0.1, -0.05) is 19.1 Å². The van der Waals surface area contributed by atoms with E-state index in [0.717, 1.165) is 37.1 Å². The Bertz CT molecular complexity index is 524. The zero-order chi connectivity index (χ0) is 13.7. The van der Waals surface area contributed by atoms with Gasteiger partial charge in [0.15, 0.2) is 11.4 Å². The van der Waals surface area contributed by atoms with Crippen LogP contribution in [0.2, 0.25) is 0 Å². The van der Waals surface area contributed by atoms with E-state index in [0.29, 0.717) is 5.58 Å². The highest BCUT2D eigenvalue weighted by Gasteiger charge is 2.16. The summed E-state index contributed by atoms with van der Waals surface area (Å²) in [6.07, 6.45) is 1.84. The van der Waals surface area contributed by atoms with E-state index in [1.165, 1.54) is 6.07 Å². The van der Waals surface area contributed by atoms with Gasteiger partial charge in [0.05, 0.1) is 6.04 Å². The first-order chi connectivity index (χ1) is 9.26. The number of para-hydroxylation sites is 1. The number of hydrogen-bond acceptors (Lipinski definition) is 3. The Morgan fingerprint density at radius 2 is 2.26 bits per heavy atom. The molecule has 0 bridgehead atoms. The Kier molecular flexibility index (Phi) is 4.93. The molecule has 19 heavy (non-hydrogen) atoms. The second kappa shape index (κ2) is 6.68. The SMILES string of the molecule is CCNC(CCCOC)c1cc2cccc(F)c2o1.